The molecule has 4 aliphatic rings. The first-order valence-electron chi connectivity index (χ1n) is 15.4. The summed E-state index contributed by atoms with van der Waals surface area (Å²) in [6, 6.07) is 7.80. The zero-order valence-electron chi connectivity index (χ0n) is 24.8. The molecule has 0 spiro atoms. The maximum atomic E-state index is 13.2. The second kappa shape index (κ2) is 12.5. The molecule has 3 fully saturated rings. The molecular weight excluding hydrogens is 540 g/mol. The molecule has 1 aromatic carbocycles. The molecule has 0 radical (unpaired) electrons. The standard InChI is InChI=1S/C16H18F2N2O2.C16H25N3O/c17-16(18)5-7-20(8-6-16)15(22)14-3-1-11-9-12(19-10-21)2-4-13(11)14;1-10(2)19-14(8-9-17-19)16(20)18-11(3)15(12-4-5-12)13-6-7-13/h2,4,9-10,14H,1,3,5-8H2,(H,19,21);8-13,15H,4-7H2,1-3H3,(H,18,20). The number of piperidine rings is 1. The van der Waals surface area contributed by atoms with E-state index in [2.05, 4.69) is 22.7 Å². The minimum atomic E-state index is -2.64. The molecule has 1 aromatic heterocycles. The number of alkyl halides is 2. The zero-order valence-corrected chi connectivity index (χ0v) is 24.8. The average molecular weight is 584 g/mol. The van der Waals surface area contributed by atoms with Crippen molar-refractivity contribution in [2.24, 2.45) is 17.8 Å². The van der Waals surface area contributed by atoms with E-state index in [-0.39, 0.29) is 55.7 Å². The van der Waals surface area contributed by atoms with E-state index in [0.29, 0.717) is 30.1 Å². The molecular formula is C32H43F2N5O3. The van der Waals surface area contributed by atoms with Gasteiger partial charge in [-0.15, -0.1) is 0 Å². The number of halogens is 2. The largest absolute Gasteiger partial charge is 0.348 e. The van der Waals surface area contributed by atoms with Crippen LogP contribution >= 0.6 is 0 Å². The van der Waals surface area contributed by atoms with Crippen molar-refractivity contribution >= 4 is 23.9 Å². The van der Waals surface area contributed by atoms with Gasteiger partial charge in [0.2, 0.25) is 12.3 Å². The van der Waals surface area contributed by atoms with Crippen LogP contribution in [-0.4, -0.2) is 58.0 Å². The van der Waals surface area contributed by atoms with Crippen LogP contribution in [0.5, 0.6) is 0 Å². The van der Waals surface area contributed by atoms with Crippen molar-refractivity contribution in [2.75, 3.05) is 18.4 Å². The number of rotatable bonds is 9. The second-order valence-corrected chi connectivity index (χ2v) is 12.7. The number of carbonyl (C=O) groups excluding carboxylic acids is 3. The predicted octanol–water partition coefficient (Wildman–Crippen LogP) is 5.56. The minimum absolute atomic E-state index is 0.0231. The number of fused-ring (bicyclic) bond motifs is 1. The van der Waals surface area contributed by atoms with Crippen molar-refractivity contribution in [2.45, 2.75) is 96.1 Å². The summed E-state index contributed by atoms with van der Waals surface area (Å²) < 4.78 is 28.2. The van der Waals surface area contributed by atoms with Gasteiger partial charge in [0.05, 0.1) is 5.92 Å². The van der Waals surface area contributed by atoms with Gasteiger partial charge >= 0.3 is 0 Å². The van der Waals surface area contributed by atoms with E-state index in [1.165, 1.54) is 25.7 Å². The number of carbonyl (C=O) groups is 3. The van der Waals surface area contributed by atoms with E-state index < -0.39 is 5.92 Å². The van der Waals surface area contributed by atoms with Crippen LogP contribution in [0.1, 0.15) is 99.3 Å². The van der Waals surface area contributed by atoms with Crippen LogP contribution in [0.3, 0.4) is 0 Å². The summed E-state index contributed by atoms with van der Waals surface area (Å²) in [5, 5.41) is 10.1. The summed E-state index contributed by atoms with van der Waals surface area (Å²) in [5.74, 6) is -0.512. The van der Waals surface area contributed by atoms with Gasteiger partial charge in [-0.05, 0) is 106 Å². The normalized spacial score (nSPS) is 21.8. The fraction of sp³-hybridized carbons (Fsp3) is 0.625. The Hall–Kier alpha value is -3.30. The van der Waals surface area contributed by atoms with Gasteiger partial charge in [-0.2, -0.15) is 5.10 Å². The molecule has 10 heteroatoms. The van der Waals surface area contributed by atoms with E-state index in [1.54, 1.807) is 21.8 Å². The van der Waals surface area contributed by atoms with Crippen LogP contribution in [-0.2, 0) is 16.0 Å². The van der Waals surface area contributed by atoms with Gasteiger partial charge in [-0.3, -0.25) is 19.1 Å². The van der Waals surface area contributed by atoms with E-state index >= 15 is 0 Å². The van der Waals surface area contributed by atoms with Gasteiger partial charge in [0.25, 0.3) is 11.8 Å². The first-order valence-corrected chi connectivity index (χ1v) is 15.4. The topological polar surface area (TPSA) is 96.3 Å². The molecule has 2 aromatic rings. The summed E-state index contributed by atoms with van der Waals surface area (Å²) in [5.41, 5.74) is 3.39. The Kier molecular flexibility index (Phi) is 8.99. The molecule has 1 saturated heterocycles. The smallest absolute Gasteiger partial charge is 0.269 e. The molecule has 2 unspecified atom stereocenters. The molecule has 6 rings (SSSR count). The number of hydrogen-bond donors (Lipinski definition) is 2. The highest BCUT2D eigenvalue weighted by Gasteiger charge is 2.44. The highest BCUT2D eigenvalue weighted by molar-refractivity contribution is 5.92. The number of aromatic nitrogens is 2. The van der Waals surface area contributed by atoms with E-state index in [9.17, 15) is 23.2 Å². The molecule has 3 amide bonds. The molecule has 228 valence electrons. The van der Waals surface area contributed by atoms with Gasteiger partial charge in [0, 0.05) is 49.9 Å². The second-order valence-electron chi connectivity index (χ2n) is 12.7. The Labute approximate surface area is 246 Å². The van der Waals surface area contributed by atoms with Crippen molar-refractivity contribution in [1.82, 2.24) is 20.0 Å². The van der Waals surface area contributed by atoms with Crippen molar-refractivity contribution in [1.29, 1.82) is 0 Å². The lowest BCUT2D eigenvalue weighted by atomic mass is 9.90. The van der Waals surface area contributed by atoms with Crippen molar-refractivity contribution in [3.63, 3.8) is 0 Å². The quantitative estimate of drug-likeness (QED) is 0.378. The molecule has 0 bridgehead atoms. The lowest BCUT2D eigenvalue weighted by Gasteiger charge is -2.33. The first-order chi connectivity index (χ1) is 20.1. The molecule has 1 aliphatic heterocycles. The van der Waals surface area contributed by atoms with Crippen LogP contribution in [0.4, 0.5) is 14.5 Å². The SMILES string of the molecule is CC(NC(=O)c1ccnn1C(C)C)C(C1CC1)C1CC1.O=CNc1ccc2c(c1)CCC2C(=O)N1CCC(F)(F)CC1. The summed E-state index contributed by atoms with van der Waals surface area (Å²) >= 11 is 0. The number of hydrogen-bond acceptors (Lipinski definition) is 4. The van der Waals surface area contributed by atoms with Crippen LogP contribution in [0.2, 0.25) is 0 Å². The molecule has 8 nitrogen and oxygen atoms in total. The summed E-state index contributed by atoms with van der Waals surface area (Å²) in [6.07, 6.45) is 8.70. The third-order valence-corrected chi connectivity index (χ3v) is 9.21. The Morgan fingerprint density at radius 1 is 1.02 bits per heavy atom. The third kappa shape index (κ3) is 7.01. The Balaban J connectivity index is 0.000000169. The van der Waals surface area contributed by atoms with Crippen molar-refractivity contribution in [3.05, 3.63) is 47.3 Å². The maximum absolute atomic E-state index is 13.2. The summed E-state index contributed by atoms with van der Waals surface area (Å²) in [4.78, 5) is 37.1. The Bertz CT molecular complexity index is 1260. The van der Waals surface area contributed by atoms with Gasteiger partial charge in [-0.25, -0.2) is 8.78 Å². The van der Waals surface area contributed by atoms with Crippen LogP contribution in [0.25, 0.3) is 0 Å². The predicted molar refractivity (Wildman–Crippen MR) is 156 cm³/mol. The maximum Gasteiger partial charge on any atom is 0.269 e. The number of anilines is 1. The molecule has 2 saturated carbocycles. The van der Waals surface area contributed by atoms with Crippen LogP contribution < -0.4 is 10.6 Å². The molecule has 3 aliphatic carbocycles. The number of nitrogens with zero attached hydrogens (tertiary/aromatic N) is 3. The highest BCUT2D eigenvalue weighted by Crippen LogP contribution is 2.50. The minimum Gasteiger partial charge on any atom is -0.348 e. The Morgan fingerprint density at radius 3 is 2.29 bits per heavy atom. The van der Waals surface area contributed by atoms with Crippen molar-refractivity contribution in [3.8, 4) is 0 Å². The average Bonchev–Trinajstić information content (AvgIpc) is 3.87. The van der Waals surface area contributed by atoms with E-state index in [1.807, 2.05) is 32.0 Å². The number of benzene rings is 1. The number of amides is 3. The number of aryl methyl sites for hydroxylation is 1. The summed E-state index contributed by atoms with van der Waals surface area (Å²) in [6.45, 7) is 6.52. The van der Waals surface area contributed by atoms with Crippen LogP contribution in [0, 0.1) is 17.8 Å². The van der Waals surface area contributed by atoms with Crippen LogP contribution in [0.15, 0.2) is 30.5 Å². The fourth-order valence-electron chi connectivity index (χ4n) is 6.75. The van der Waals surface area contributed by atoms with Crippen molar-refractivity contribution < 1.29 is 23.2 Å². The van der Waals surface area contributed by atoms with Gasteiger partial charge in [0.15, 0.2) is 0 Å². The monoisotopic (exact) mass is 583 g/mol. The first kappa shape index (κ1) is 30.2. The van der Waals surface area contributed by atoms with E-state index in [0.717, 1.165) is 29.4 Å². The third-order valence-electron chi connectivity index (χ3n) is 9.21. The highest BCUT2D eigenvalue weighted by atomic mass is 19.3. The van der Waals surface area contributed by atoms with Gasteiger partial charge in [-0.1, -0.05) is 6.07 Å². The molecule has 2 heterocycles. The fourth-order valence-corrected chi connectivity index (χ4v) is 6.75. The van der Waals surface area contributed by atoms with Gasteiger partial charge < -0.3 is 15.5 Å². The Morgan fingerprint density at radius 2 is 1.69 bits per heavy atom. The van der Waals surface area contributed by atoms with Gasteiger partial charge in [0.1, 0.15) is 5.69 Å². The lowest BCUT2D eigenvalue weighted by Crippen LogP contribution is -2.44. The zero-order chi connectivity index (χ0) is 30.0. The number of likely N-dealkylation sites (tertiary alicyclic amines) is 1. The molecule has 2 atom stereocenters. The molecule has 42 heavy (non-hydrogen) atoms. The lowest BCUT2D eigenvalue weighted by molar-refractivity contribution is -0.138. The molecule has 2 N–H and O–H groups in total. The van der Waals surface area contributed by atoms with E-state index in [4.69, 9.17) is 0 Å². The number of nitrogens with one attached hydrogen (secondary N) is 2. The summed E-state index contributed by atoms with van der Waals surface area (Å²) in [7, 11) is 0.